The van der Waals surface area contributed by atoms with E-state index in [4.69, 9.17) is 15.9 Å². The predicted molar refractivity (Wildman–Crippen MR) is 116 cm³/mol. The molecule has 0 N–H and O–H groups in total. The van der Waals surface area contributed by atoms with E-state index in [1.54, 1.807) is 45.2 Å². The van der Waals surface area contributed by atoms with Gasteiger partial charge < -0.3 is 14.4 Å². The van der Waals surface area contributed by atoms with Crippen LogP contribution in [0.2, 0.25) is 0 Å². The highest BCUT2D eigenvalue weighted by atomic mass is 32.1. The third kappa shape index (κ3) is 3.95. The molecule has 1 saturated carbocycles. The van der Waals surface area contributed by atoms with E-state index >= 15 is 0 Å². The van der Waals surface area contributed by atoms with E-state index in [9.17, 15) is 9.59 Å². The summed E-state index contributed by atoms with van der Waals surface area (Å²) in [7, 11) is 1.55. The van der Waals surface area contributed by atoms with Crippen LogP contribution in [0.15, 0.2) is 24.3 Å². The largest absolute Gasteiger partial charge is 0.497 e. The van der Waals surface area contributed by atoms with Crippen LogP contribution in [0.3, 0.4) is 0 Å². The molecule has 1 aromatic carbocycles. The molecule has 2 amide bonds. The number of nitrogens with zero attached hydrogens (tertiary/aromatic N) is 4. The Bertz CT molecular complexity index is 1020. The number of amides is 2. The van der Waals surface area contributed by atoms with Crippen LogP contribution in [0.4, 0.5) is 9.93 Å². The number of ether oxygens (including phenoxy) is 2. The minimum atomic E-state index is -0.864. The fourth-order valence-corrected chi connectivity index (χ4v) is 4.52. The van der Waals surface area contributed by atoms with Crippen molar-refractivity contribution in [3.8, 4) is 18.1 Å². The van der Waals surface area contributed by atoms with E-state index in [0.717, 1.165) is 17.8 Å². The van der Waals surface area contributed by atoms with Crippen LogP contribution < -0.4 is 9.64 Å². The Kier molecular flexibility index (Phi) is 5.58. The Hall–Kier alpha value is -3.12. The zero-order valence-electron chi connectivity index (χ0n) is 17.7. The number of carbonyl (C=O) groups is 2. The van der Waals surface area contributed by atoms with Crippen LogP contribution in [-0.2, 0) is 4.74 Å². The lowest BCUT2D eigenvalue weighted by molar-refractivity contribution is 0.0307. The lowest BCUT2D eigenvalue weighted by Crippen LogP contribution is -2.45. The smallest absolute Gasteiger partial charge is 0.340 e. The first-order valence-corrected chi connectivity index (χ1v) is 10.9. The summed E-state index contributed by atoms with van der Waals surface area (Å²) in [5, 5.41) is 9.83. The highest BCUT2D eigenvalue weighted by Gasteiger charge is 2.47. The lowest BCUT2D eigenvalue weighted by atomic mass is 9.86. The van der Waals surface area contributed by atoms with Crippen LogP contribution in [0.1, 0.15) is 54.4 Å². The number of carbonyl (C=O) groups excluding carboxylic acids is 2. The van der Waals surface area contributed by atoms with Crippen molar-refractivity contribution < 1.29 is 19.1 Å². The third-order valence-electron chi connectivity index (χ3n) is 5.75. The molecule has 0 bridgehead atoms. The normalized spacial score (nSPS) is 19.2. The molecule has 1 saturated heterocycles. The van der Waals surface area contributed by atoms with Gasteiger partial charge in [-0.25, -0.2) is 14.5 Å². The Morgan fingerprint density at radius 2 is 1.97 bits per heavy atom. The van der Waals surface area contributed by atoms with E-state index < -0.39 is 17.7 Å². The molecular formula is C22H24N4O4S. The molecule has 2 aromatic rings. The molecule has 4 rings (SSSR count). The van der Waals surface area contributed by atoms with E-state index in [0.29, 0.717) is 22.4 Å². The second kappa shape index (κ2) is 8.19. The number of methoxy groups -OCH3 is 1. The number of anilines is 1. The van der Waals surface area contributed by atoms with Gasteiger partial charge in [0, 0.05) is 5.92 Å². The second-order valence-electron chi connectivity index (χ2n) is 8.11. The fraction of sp³-hybridized carbons (Fsp3) is 0.455. The van der Waals surface area contributed by atoms with E-state index in [1.807, 2.05) is 0 Å². The fourth-order valence-electron chi connectivity index (χ4n) is 3.47. The van der Waals surface area contributed by atoms with E-state index in [-0.39, 0.29) is 12.6 Å². The number of rotatable bonds is 6. The maximum Gasteiger partial charge on any atom is 0.340 e. The average Bonchev–Trinajstić information content (AvgIpc) is 3.31. The van der Waals surface area contributed by atoms with Gasteiger partial charge in [-0.2, -0.15) is 0 Å². The molecule has 0 radical (unpaired) electrons. The standard InChI is InChI=1S/C22H24N4O4S/c1-5-22(2,3)25-13-17(30-19(27)15-9-11-16(29-4)12-10-15)26(21(25)28)20-24-23-18(31-20)14-7-6-8-14/h1,9-12,14,17H,6-8,13H2,2-4H3. The Morgan fingerprint density at radius 3 is 2.55 bits per heavy atom. The number of terminal acetylenes is 1. The quantitative estimate of drug-likeness (QED) is 0.504. The van der Waals surface area contributed by atoms with Crippen molar-refractivity contribution in [3.63, 3.8) is 0 Å². The Labute approximate surface area is 185 Å². The molecule has 1 atom stereocenters. The first-order valence-electron chi connectivity index (χ1n) is 10.1. The molecule has 2 fully saturated rings. The monoisotopic (exact) mass is 440 g/mol. The molecule has 2 heterocycles. The van der Waals surface area contributed by atoms with Crippen LogP contribution in [0, 0.1) is 12.3 Å². The summed E-state index contributed by atoms with van der Waals surface area (Å²) >= 11 is 1.37. The van der Waals surface area contributed by atoms with Crippen molar-refractivity contribution >= 4 is 28.5 Å². The van der Waals surface area contributed by atoms with Crippen molar-refractivity contribution in [1.29, 1.82) is 0 Å². The van der Waals surface area contributed by atoms with Gasteiger partial charge in [-0.05, 0) is 51.0 Å². The summed E-state index contributed by atoms with van der Waals surface area (Å²) < 4.78 is 10.9. The lowest BCUT2D eigenvalue weighted by Gasteiger charge is -2.29. The zero-order valence-corrected chi connectivity index (χ0v) is 18.5. The number of benzene rings is 1. The van der Waals surface area contributed by atoms with Crippen molar-refractivity contribution in [1.82, 2.24) is 15.1 Å². The molecule has 31 heavy (non-hydrogen) atoms. The van der Waals surface area contributed by atoms with Gasteiger partial charge in [-0.1, -0.05) is 23.7 Å². The SMILES string of the molecule is C#CC(C)(C)N1CC(OC(=O)c2ccc(OC)cc2)N(c2nnc(C3CCC3)s2)C1=O. The molecule has 1 aliphatic carbocycles. The van der Waals surface area contributed by atoms with Gasteiger partial charge in [-0.3, -0.25) is 0 Å². The maximum absolute atomic E-state index is 13.3. The van der Waals surface area contributed by atoms with Crippen molar-refractivity contribution in [2.75, 3.05) is 18.6 Å². The summed E-state index contributed by atoms with van der Waals surface area (Å²) in [6.07, 6.45) is 8.13. The number of hydrogen-bond acceptors (Lipinski definition) is 7. The molecule has 0 spiro atoms. The van der Waals surface area contributed by atoms with Crippen LogP contribution in [-0.4, -0.2) is 52.5 Å². The highest BCUT2D eigenvalue weighted by Crippen LogP contribution is 2.40. The Morgan fingerprint density at radius 1 is 1.26 bits per heavy atom. The summed E-state index contributed by atoms with van der Waals surface area (Å²) in [4.78, 5) is 29.0. The van der Waals surface area contributed by atoms with Gasteiger partial charge in [0.25, 0.3) is 0 Å². The Balaban J connectivity index is 1.60. The molecular weight excluding hydrogens is 416 g/mol. The molecule has 8 nitrogen and oxygen atoms in total. The first kappa shape index (κ1) is 21.1. The van der Waals surface area contributed by atoms with Crippen LogP contribution in [0.25, 0.3) is 0 Å². The average molecular weight is 441 g/mol. The minimum Gasteiger partial charge on any atom is -0.497 e. The molecule has 1 aromatic heterocycles. The van der Waals surface area contributed by atoms with Gasteiger partial charge in [0.1, 0.15) is 16.3 Å². The van der Waals surface area contributed by atoms with Gasteiger partial charge in [0.15, 0.2) is 0 Å². The number of hydrogen-bond donors (Lipinski definition) is 0. The molecule has 2 aliphatic rings. The minimum absolute atomic E-state index is 0.135. The summed E-state index contributed by atoms with van der Waals surface area (Å²) in [5.74, 6) is 3.11. The first-order chi connectivity index (χ1) is 14.8. The van der Waals surface area contributed by atoms with E-state index in [2.05, 4.69) is 16.1 Å². The number of urea groups is 1. The third-order valence-corrected chi connectivity index (χ3v) is 6.84. The summed E-state index contributed by atoms with van der Waals surface area (Å²) in [5.41, 5.74) is -0.492. The van der Waals surface area contributed by atoms with Crippen molar-refractivity contribution in [2.45, 2.75) is 50.8 Å². The van der Waals surface area contributed by atoms with Gasteiger partial charge in [-0.15, -0.1) is 16.6 Å². The van der Waals surface area contributed by atoms with Crippen molar-refractivity contribution in [2.24, 2.45) is 0 Å². The molecule has 9 heteroatoms. The van der Waals surface area contributed by atoms with Gasteiger partial charge >= 0.3 is 12.0 Å². The molecule has 1 aliphatic heterocycles. The van der Waals surface area contributed by atoms with Gasteiger partial charge in [0.05, 0.1) is 19.2 Å². The second-order valence-corrected chi connectivity index (χ2v) is 9.09. The highest BCUT2D eigenvalue weighted by molar-refractivity contribution is 7.15. The van der Waals surface area contributed by atoms with Crippen LogP contribution >= 0.6 is 11.3 Å². The number of esters is 1. The topological polar surface area (TPSA) is 84.9 Å². The summed E-state index contributed by atoms with van der Waals surface area (Å²) in [6.45, 7) is 3.68. The molecule has 162 valence electrons. The van der Waals surface area contributed by atoms with E-state index in [1.165, 1.54) is 27.6 Å². The molecule has 1 unspecified atom stereocenters. The zero-order chi connectivity index (χ0) is 22.2. The van der Waals surface area contributed by atoms with Gasteiger partial charge in [0.2, 0.25) is 11.4 Å². The van der Waals surface area contributed by atoms with Crippen LogP contribution in [0.5, 0.6) is 5.75 Å². The predicted octanol–water partition coefficient (Wildman–Crippen LogP) is 3.65. The van der Waals surface area contributed by atoms with Crippen molar-refractivity contribution in [3.05, 3.63) is 34.8 Å². The maximum atomic E-state index is 13.3. The number of aromatic nitrogens is 2. The summed E-state index contributed by atoms with van der Waals surface area (Å²) in [6, 6.07) is 6.23.